The van der Waals surface area contributed by atoms with Crippen molar-refractivity contribution >= 4 is 0 Å². The van der Waals surface area contributed by atoms with Crippen LogP contribution in [-0.2, 0) is 17.6 Å². The molecule has 0 N–H and O–H groups in total. The Morgan fingerprint density at radius 1 is 0.800 bits per heavy atom. The van der Waals surface area contributed by atoms with E-state index in [0.717, 1.165) is 50.7 Å². The van der Waals surface area contributed by atoms with Crippen LogP contribution in [0.2, 0.25) is 0 Å². The van der Waals surface area contributed by atoms with Crippen molar-refractivity contribution in [3.05, 3.63) is 101 Å². The summed E-state index contributed by atoms with van der Waals surface area (Å²) >= 11 is 0. The van der Waals surface area contributed by atoms with Crippen molar-refractivity contribution < 1.29 is 27.0 Å². The summed E-state index contributed by atoms with van der Waals surface area (Å²) in [5, 5.41) is 0. The van der Waals surface area contributed by atoms with Crippen LogP contribution < -0.4 is 4.74 Å². The number of hydrogen-bond acceptors (Lipinski definition) is 2. The quantitative estimate of drug-likeness (QED) is 0.119. The molecule has 0 atom stereocenters. The Bertz CT molecular complexity index is 1260. The first kappa shape index (κ1) is 29.9. The molecule has 1 aliphatic carbocycles. The molecular formula is C34H38F4O2. The Kier molecular flexibility index (Phi) is 10.8. The minimum Gasteiger partial charge on any atom is -0.490 e. The lowest BCUT2D eigenvalue weighted by Gasteiger charge is -2.29. The second-order valence-electron chi connectivity index (χ2n) is 10.5. The van der Waals surface area contributed by atoms with Gasteiger partial charge < -0.3 is 9.47 Å². The standard InChI is InChI=1S/C34H38F4O2/c1-3-5-21-39-27-16-13-25(14-17-27)28-18-15-26(31(35)32(28)36)12-9-23-7-10-24(11-8-23)29-19-20-30(34(38)33(29)37)40-22-6-4-2/h4,7-8,10-11,15,18-20,25,27H,2-3,5-6,9,12-14,16-17,21-22H2,1H3. The van der Waals surface area contributed by atoms with Crippen molar-refractivity contribution in [2.24, 2.45) is 0 Å². The van der Waals surface area contributed by atoms with E-state index < -0.39 is 23.3 Å². The van der Waals surface area contributed by atoms with E-state index in [0.29, 0.717) is 36.0 Å². The zero-order valence-corrected chi connectivity index (χ0v) is 23.2. The first-order chi connectivity index (χ1) is 19.4. The predicted molar refractivity (Wildman–Crippen MR) is 152 cm³/mol. The molecule has 0 aliphatic heterocycles. The highest BCUT2D eigenvalue weighted by atomic mass is 19.2. The Balaban J connectivity index is 1.35. The molecule has 0 saturated heterocycles. The fourth-order valence-electron chi connectivity index (χ4n) is 5.30. The average molecular weight is 555 g/mol. The highest BCUT2D eigenvalue weighted by molar-refractivity contribution is 5.65. The van der Waals surface area contributed by atoms with Crippen LogP contribution in [0.1, 0.15) is 74.5 Å². The predicted octanol–water partition coefficient (Wildman–Crippen LogP) is 9.49. The first-order valence-electron chi connectivity index (χ1n) is 14.3. The van der Waals surface area contributed by atoms with Gasteiger partial charge in [-0.1, -0.05) is 55.8 Å². The zero-order valence-electron chi connectivity index (χ0n) is 23.2. The molecule has 0 bridgehead atoms. The monoisotopic (exact) mass is 554 g/mol. The Morgan fingerprint density at radius 2 is 1.55 bits per heavy atom. The number of halogens is 4. The molecule has 214 valence electrons. The fraction of sp³-hybridized carbons (Fsp3) is 0.412. The maximum atomic E-state index is 15.1. The van der Waals surface area contributed by atoms with Gasteiger partial charge in [0.2, 0.25) is 5.82 Å². The van der Waals surface area contributed by atoms with Crippen LogP contribution in [0.4, 0.5) is 17.6 Å². The normalized spacial score (nSPS) is 17.1. The van der Waals surface area contributed by atoms with Gasteiger partial charge >= 0.3 is 0 Å². The number of unbranched alkanes of at least 4 members (excludes halogenated alkanes) is 1. The minimum atomic E-state index is -1.03. The lowest BCUT2D eigenvalue weighted by molar-refractivity contribution is 0.0230. The largest absolute Gasteiger partial charge is 0.490 e. The SMILES string of the molecule is C=CCCOc1ccc(-c2ccc(CCc3ccc(C4CCC(OCCCC)CC4)c(F)c3F)cc2)c(F)c1F. The number of rotatable bonds is 13. The maximum Gasteiger partial charge on any atom is 0.201 e. The third-order valence-electron chi connectivity index (χ3n) is 7.73. The highest BCUT2D eigenvalue weighted by Gasteiger charge is 2.26. The Morgan fingerprint density at radius 3 is 2.25 bits per heavy atom. The number of ether oxygens (including phenoxy) is 2. The van der Waals surface area contributed by atoms with Gasteiger partial charge in [-0.05, 0) is 91.7 Å². The van der Waals surface area contributed by atoms with Gasteiger partial charge in [-0.25, -0.2) is 13.2 Å². The van der Waals surface area contributed by atoms with E-state index in [1.807, 2.05) is 0 Å². The molecule has 2 nitrogen and oxygen atoms in total. The van der Waals surface area contributed by atoms with Crippen molar-refractivity contribution in [2.45, 2.75) is 76.7 Å². The van der Waals surface area contributed by atoms with E-state index in [1.165, 1.54) is 12.1 Å². The van der Waals surface area contributed by atoms with Crippen molar-refractivity contribution in [1.29, 1.82) is 0 Å². The molecule has 1 saturated carbocycles. The van der Waals surface area contributed by atoms with Crippen LogP contribution in [0.3, 0.4) is 0 Å². The minimum absolute atomic E-state index is 0.0140. The summed E-state index contributed by atoms with van der Waals surface area (Å²) in [5.74, 6) is -3.64. The zero-order chi connectivity index (χ0) is 28.5. The third-order valence-corrected chi connectivity index (χ3v) is 7.73. The van der Waals surface area contributed by atoms with Crippen molar-refractivity contribution in [2.75, 3.05) is 13.2 Å². The van der Waals surface area contributed by atoms with Gasteiger partial charge in [0.25, 0.3) is 0 Å². The fourth-order valence-corrected chi connectivity index (χ4v) is 5.30. The lowest BCUT2D eigenvalue weighted by Crippen LogP contribution is -2.22. The molecule has 4 rings (SSSR count). The second kappa shape index (κ2) is 14.5. The van der Waals surface area contributed by atoms with Gasteiger partial charge in [0.05, 0.1) is 12.7 Å². The summed E-state index contributed by atoms with van der Waals surface area (Å²) in [5.41, 5.74) is 2.33. The van der Waals surface area contributed by atoms with E-state index >= 15 is 8.78 Å². The number of benzene rings is 3. The molecule has 1 aliphatic rings. The Hall–Kier alpha value is -3.12. The molecule has 1 fully saturated rings. The molecule has 0 radical (unpaired) electrons. The van der Waals surface area contributed by atoms with Crippen LogP contribution in [0.25, 0.3) is 11.1 Å². The van der Waals surface area contributed by atoms with Crippen molar-refractivity contribution in [3.8, 4) is 16.9 Å². The topological polar surface area (TPSA) is 18.5 Å². The second-order valence-corrected chi connectivity index (χ2v) is 10.5. The number of hydrogen-bond donors (Lipinski definition) is 0. The first-order valence-corrected chi connectivity index (χ1v) is 14.3. The molecule has 0 unspecified atom stereocenters. The van der Waals surface area contributed by atoms with E-state index in [4.69, 9.17) is 9.47 Å². The van der Waals surface area contributed by atoms with Crippen LogP contribution in [-0.4, -0.2) is 19.3 Å². The summed E-state index contributed by atoms with van der Waals surface area (Å²) in [7, 11) is 0. The molecule has 40 heavy (non-hydrogen) atoms. The molecule has 3 aromatic carbocycles. The molecular weight excluding hydrogens is 516 g/mol. The Labute approximate surface area is 235 Å². The molecule has 0 heterocycles. The van der Waals surface area contributed by atoms with Crippen LogP contribution in [0, 0.1) is 23.3 Å². The van der Waals surface area contributed by atoms with Crippen LogP contribution >= 0.6 is 0 Å². The molecule has 0 spiro atoms. The van der Waals surface area contributed by atoms with Gasteiger partial charge in [-0.15, -0.1) is 6.58 Å². The van der Waals surface area contributed by atoms with E-state index in [9.17, 15) is 8.78 Å². The van der Waals surface area contributed by atoms with Gasteiger partial charge in [0.1, 0.15) is 0 Å². The molecule has 0 aromatic heterocycles. The van der Waals surface area contributed by atoms with E-state index in [1.54, 1.807) is 42.5 Å². The van der Waals surface area contributed by atoms with E-state index in [-0.39, 0.29) is 29.9 Å². The lowest BCUT2D eigenvalue weighted by atomic mass is 9.82. The highest BCUT2D eigenvalue weighted by Crippen LogP contribution is 2.37. The third kappa shape index (κ3) is 7.34. The van der Waals surface area contributed by atoms with Gasteiger partial charge in [-0.3, -0.25) is 0 Å². The number of aryl methyl sites for hydroxylation is 2. The van der Waals surface area contributed by atoms with E-state index in [2.05, 4.69) is 13.5 Å². The summed E-state index contributed by atoms with van der Waals surface area (Å²) in [6.45, 7) is 6.69. The smallest absolute Gasteiger partial charge is 0.201 e. The summed E-state index contributed by atoms with van der Waals surface area (Å²) < 4.78 is 70.4. The maximum absolute atomic E-state index is 15.1. The summed E-state index contributed by atoms with van der Waals surface area (Å²) in [4.78, 5) is 0. The van der Waals surface area contributed by atoms with Crippen LogP contribution in [0.5, 0.6) is 5.75 Å². The molecule has 6 heteroatoms. The van der Waals surface area contributed by atoms with Gasteiger partial charge in [-0.2, -0.15) is 4.39 Å². The summed E-state index contributed by atoms with van der Waals surface area (Å²) in [6, 6.07) is 13.3. The van der Waals surface area contributed by atoms with Crippen molar-refractivity contribution in [1.82, 2.24) is 0 Å². The average Bonchev–Trinajstić information content (AvgIpc) is 2.97. The van der Waals surface area contributed by atoms with Gasteiger partial charge in [0.15, 0.2) is 23.2 Å². The molecule has 3 aromatic rings. The van der Waals surface area contributed by atoms with Gasteiger partial charge in [0, 0.05) is 12.2 Å². The van der Waals surface area contributed by atoms with Crippen LogP contribution in [0.15, 0.2) is 61.2 Å². The van der Waals surface area contributed by atoms with Crippen molar-refractivity contribution in [3.63, 3.8) is 0 Å². The molecule has 0 amide bonds. The summed E-state index contributed by atoms with van der Waals surface area (Å²) in [6.07, 6.45) is 8.70.